The second-order valence-electron chi connectivity index (χ2n) is 7.99. The van der Waals surface area contributed by atoms with Crippen molar-refractivity contribution in [2.24, 2.45) is 5.92 Å². The number of hydrogen-bond acceptors (Lipinski definition) is 6. The zero-order chi connectivity index (χ0) is 19.8. The molecule has 0 amide bonds. The summed E-state index contributed by atoms with van der Waals surface area (Å²) >= 11 is 0. The Morgan fingerprint density at radius 2 is 1.74 bits per heavy atom. The standard InChI is InChI=1S/C21H20O6/c1-8-5-11-14-10(7-13(22)15(11)20(26)27-8)6-12-16(18(14)24)17(23)9(2)19(25)21(12,3)4/h6-9,22,24H,5H2,1-4H3/t8-,9+/m1/s1. The number of carbonyl (C=O) groups excluding carboxylic acids is 3. The maximum atomic E-state index is 12.8. The van der Waals surface area contributed by atoms with Gasteiger partial charge < -0.3 is 14.9 Å². The summed E-state index contributed by atoms with van der Waals surface area (Å²) < 4.78 is 5.19. The van der Waals surface area contributed by atoms with Crippen LogP contribution in [0.3, 0.4) is 0 Å². The van der Waals surface area contributed by atoms with E-state index in [9.17, 15) is 24.6 Å². The quantitative estimate of drug-likeness (QED) is 0.548. The zero-order valence-electron chi connectivity index (χ0n) is 15.5. The predicted octanol–water partition coefficient (Wildman–Crippen LogP) is 3.03. The minimum atomic E-state index is -0.952. The Morgan fingerprint density at radius 3 is 2.41 bits per heavy atom. The van der Waals surface area contributed by atoms with Crippen molar-refractivity contribution in [3.8, 4) is 11.5 Å². The molecule has 4 rings (SSSR count). The maximum absolute atomic E-state index is 12.8. The van der Waals surface area contributed by atoms with Gasteiger partial charge in [0.05, 0.1) is 11.5 Å². The molecule has 0 saturated carbocycles. The Morgan fingerprint density at radius 1 is 1.07 bits per heavy atom. The number of esters is 1. The highest BCUT2D eigenvalue weighted by molar-refractivity contribution is 6.21. The van der Waals surface area contributed by atoms with Crippen molar-refractivity contribution in [1.29, 1.82) is 0 Å². The van der Waals surface area contributed by atoms with Gasteiger partial charge in [0.15, 0.2) is 11.6 Å². The fraction of sp³-hybridized carbons (Fsp3) is 0.381. The number of rotatable bonds is 0. The van der Waals surface area contributed by atoms with Crippen LogP contribution in [-0.2, 0) is 21.4 Å². The van der Waals surface area contributed by atoms with E-state index in [1.54, 1.807) is 33.8 Å². The van der Waals surface area contributed by atoms with Crippen molar-refractivity contribution >= 4 is 28.3 Å². The van der Waals surface area contributed by atoms with Crippen LogP contribution in [0.15, 0.2) is 12.1 Å². The molecule has 140 valence electrons. The van der Waals surface area contributed by atoms with Gasteiger partial charge in [-0.05, 0) is 56.3 Å². The molecule has 1 aliphatic carbocycles. The van der Waals surface area contributed by atoms with E-state index >= 15 is 0 Å². The summed E-state index contributed by atoms with van der Waals surface area (Å²) in [5, 5.41) is 22.3. The number of fused-ring (bicyclic) bond motifs is 4. The monoisotopic (exact) mass is 368 g/mol. The van der Waals surface area contributed by atoms with Gasteiger partial charge in [0, 0.05) is 17.2 Å². The first-order chi connectivity index (χ1) is 12.6. The average Bonchev–Trinajstić information content (AvgIpc) is 2.57. The molecule has 2 aromatic rings. The van der Waals surface area contributed by atoms with Gasteiger partial charge in [0.25, 0.3) is 0 Å². The van der Waals surface area contributed by atoms with Crippen molar-refractivity contribution in [3.05, 3.63) is 34.4 Å². The molecule has 1 aliphatic heterocycles. The van der Waals surface area contributed by atoms with Gasteiger partial charge in [-0.2, -0.15) is 0 Å². The average molecular weight is 368 g/mol. The van der Waals surface area contributed by atoms with Crippen molar-refractivity contribution < 1.29 is 29.3 Å². The van der Waals surface area contributed by atoms with Crippen LogP contribution in [0.5, 0.6) is 11.5 Å². The lowest BCUT2D eigenvalue weighted by atomic mass is 9.66. The SMILES string of the molecule is C[C@H]1C(=O)c2c(cc3cc(O)c4c(c3c2O)C[C@@H](C)OC4=O)C(C)(C)C1=O. The molecule has 0 aromatic heterocycles. The van der Waals surface area contributed by atoms with Crippen molar-refractivity contribution in [2.75, 3.05) is 0 Å². The van der Waals surface area contributed by atoms with Gasteiger partial charge in [0.2, 0.25) is 0 Å². The lowest BCUT2D eigenvalue weighted by Gasteiger charge is -2.35. The molecule has 2 aromatic carbocycles. The van der Waals surface area contributed by atoms with E-state index in [4.69, 9.17) is 4.74 Å². The van der Waals surface area contributed by atoms with Crippen molar-refractivity contribution in [1.82, 2.24) is 0 Å². The number of cyclic esters (lactones) is 1. The second-order valence-corrected chi connectivity index (χ2v) is 7.99. The molecule has 1 heterocycles. The molecule has 0 spiro atoms. The van der Waals surface area contributed by atoms with Crippen molar-refractivity contribution in [3.63, 3.8) is 0 Å². The highest BCUT2D eigenvalue weighted by atomic mass is 16.5. The summed E-state index contributed by atoms with van der Waals surface area (Å²) in [7, 11) is 0. The summed E-state index contributed by atoms with van der Waals surface area (Å²) in [6.07, 6.45) is -0.109. The molecule has 2 atom stereocenters. The number of Topliss-reactive ketones (excluding diaryl/α,β-unsaturated/α-hetero) is 2. The first-order valence-corrected chi connectivity index (χ1v) is 8.90. The summed E-state index contributed by atoms with van der Waals surface area (Å²) in [5.74, 6) is -2.63. The third-order valence-electron chi connectivity index (χ3n) is 5.81. The number of phenols is 2. The smallest absolute Gasteiger partial charge is 0.342 e. The molecule has 6 heteroatoms. The van der Waals surface area contributed by atoms with Gasteiger partial charge >= 0.3 is 5.97 Å². The highest BCUT2D eigenvalue weighted by Crippen LogP contribution is 2.47. The van der Waals surface area contributed by atoms with E-state index < -0.39 is 29.2 Å². The number of benzene rings is 2. The zero-order valence-corrected chi connectivity index (χ0v) is 15.5. The fourth-order valence-corrected chi connectivity index (χ4v) is 4.37. The van der Waals surface area contributed by atoms with Gasteiger partial charge in [-0.1, -0.05) is 0 Å². The van der Waals surface area contributed by atoms with Crippen LogP contribution in [0, 0.1) is 5.92 Å². The second kappa shape index (κ2) is 5.31. The molecule has 0 bridgehead atoms. The van der Waals surface area contributed by atoms with Crippen LogP contribution in [0.4, 0.5) is 0 Å². The molecule has 0 radical (unpaired) electrons. The Kier molecular flexibility index (Phi) is 3.45. The van der Waals surface area contributed by atoms with Gasteiger partial charge in [-0.25, -0.2) is 4.79 Å². The molecule has 27 heavy (non-hydrogen) atoms. The first-order valence-electron chi connectivity index (χ1n) is 8.90. The minimum Gasteiger partial charge on any atom is -0.507 e. The van der Waals surface area contributed by atoms with E-state index in [-0.39, 0.29) is 28.4 Å². The molecular formula is C21H20O6. The van der Waals surface area contributed by atoms with Crippen LogP contribution in [0.25, 0.3) is 10.8 Å². The fourth-order valence-electron chi connectivity index (χ4n) is 4.37. The lowest BCUT2D eigenvalue weighted by molar-refractivity contribution is -0.126. The predicted molar refractivity (Wildman–Crippen MR) is 97.4 cm³/mol. The number of ketones is 2. The molecular weight excluding hydrogens is 348 g/mol. The van der Waals surface area contributed by atoms with Gasteiger partial charge in [-0.3, -0.25) is 9.59 Å². The van der Waals surface area contributed by atoms with Crippen LogP contribution < -0.4 is 0 Å². The molecule has 0 unspecified atom stereocenters. The van der Waals surface area contributed by atoms with E-state index in [0.29, 0.717) is 28.3 Å². The minimum absolute atomic E-state index is 0.0162. The van der Waals surface area contributed by atoms with E-state index in [1.807, 2.05) is 0 Å². The summed E-state index contributed by atoms with van der Waals surface area (Å²) in [4.78, 5) is 37.7. The maximum Gasteiger partial charge on any atom is 0.342 e. The van der Waals surface area contributed by atoms with Crippen LogP contribution in [0.1, 0.15) is 59.5 Å². The van der Waals surface area contributed by atoms with Gasteiger partial charge in [0.1, 0.15) is 23.2 Å². The molecule has 0 fully saturated rings. The lowest BCUT2D eigenvalue weighted by Crippen LogP contribution is -2.43. The van der Waals surface area contributed by atoms with Crippen LogP contribution >= 0.6 is 0 Å². The summed E-state index contributed by atoms with van der Waals surface area (Å²) in [6, 6.07) is 3.03. The Hall–Kier alpha value is -2.89. The Balaban J connectivity index is 2.16. The topological polar surface area (TPSA) is 101 Å². The molecule has 2 aliphatic rings. The van der Waals surface area contributed by atoms with E-state index in [2.05, 4.69) is 0 Å². The Bertz CT molecular complexity index is 1060. The van der Waals surface area contributed by atoms with E-state index in [0.717, 1.165) is 0 Å². The normalized spacial score (nSPS) is 23.8. The number of phenolic OH excluding ortho intramolecular Hbond substituents is 2. The number of ether oxygens (including phenoxy) is 1. The van der Waals surface area contributed by atoms with Gasteiger partial charge in [-0.15, -0.1) is 0 Å². The first kappa shape index (κ1) is 17.5. The molecule has 0 saturated heterocycles. The Labute approximate surface area is 155 Å². The van der Waals surface area contributed by atoms with E-state index in [1.165, 1.54) is 6.07 Å². The highest BCUT2D eigenvalue weighted by Gasteiger charge is 2.46. The molecule has 2 N–H and O–H groups in total. The summed E-state index contributed by atoms with van der Waals surface area (Å²) in [6.45, 7) is 6.71. The number of carbonyl (C=O) groups is 3. The third-order valence-corrected chi connectivity index (χ3v) is 5.81. The largest absolute Gasteiger partial charge is 0.507 e. The van der Waals surface area contributed by atoms with Crippen molar-refractivity contribution in [2.45, 2.75) is 45.6 Å². The number of hydrogen-bond donors (Lipinski definition) is 2. The molecule has 6 nitrogen and oxygen atoms in total. The third kappa shape index (κ3) is 2.16. The number of aromatic hydroxyl groups is 2. The van der Waals surface area contributed by atoms with Crippen LogP contribution in [0.2, 0.25) is 0 Å². The summed E-state index contributed by atoms with van der Waals surface area (Å²) in [5.41, 5.74) is 0.0867. The van der Waals surface area contributed by atoms with Crippen LogP contribution in [-0.4, -0.2) is 33.9 Å².